The van der Waals surface area contributed by atoms with Crippen LogP contribution in [0.3, 0.4) is 0 Å². The largest absolute Gasteiger partial charge is 0.448 e. The lowest BCUT2D eigenvalue weighted by molar-refractivity contribution is -0.195. The van der Waals surface area contributed by atoms with Gasteiger partial charge in [-0.05, 0) is 67.7 Å². The molecule has 0 aliphatic heterocycles. The number of amides is 2. The van der Waals surface area contributed by atoms with Crippen molar-refractivity contribution in [2.75, 3.05) is 48.4 Å². The molecule has 1 atom stereocenters. The van der Waals surface area contributed by atoms with Crippen LogP contribution in [0.25, 0.3) is 0 Å². The van der Waals surface area contributed by atoms with Gasteiger partial charge in [0, 0.05) is 62.0 Å². The van der Waals surface area contributed by atoms with E-state index in [2.05, 4.69) is 33.9 Å². The van der Waals surface area contributed by atoms with Crippen LogP contribution in [-0.4, -0.2) is 81.1 Å². The van der Waals surface area contributed by atoms with Crippen molar-refractivity contribution < 1.29 is 33.4 Å². The number of carbonyl (C=O) groups is 4. The molecule has 3 rings (SSSR count). The molecular formula is C40H53N7O7. The summed E-state index contributed by atoms with van der Waals surface area (Å²) in [5.74, 6) is -1.30. The Morgan fingerprint density at radius 3 is 2.30 bits per heavy atom. The molecule has 0 fully saturated rings. The molecule has 2 amide bonds. The Bertz CT molecular complexity index is 1720. The number of pyridine rings is 1. The van der Waals surface area contributed by atoms with Crippen LogP contribution in [0, 0.1) is 5.92 Å². The Kier molecular flexibility index (Phi) is 17.6. The van der Waals surface area contributed by atoms with E-state index in [9.17, 15) is 19.2 Å². The monoisotopic (exact) mass is 743 g/mol. The molecule has 54 heavy (non-hydrogen) atoms. The van der Waals surface area contributed by atoms with Crippen molar-refractivity contribution in [2.24, 2.45) is 21.6 Å². The van der Waals surface area contributed by atoms with Crippen LogP contribution in [0.15, 0.2) is 76.8 Å². The van der Waals surface area contributed by atoms with Crippen LogP contribution in [0.4, 0.5) is 27.7 Å². The first kappa shape index (κ1) is 42.6. The zero-order valence-corrected chi connectivity index (χ0v) is 32.0. The van der Waals surface area contributed by atoms with E-state index in [4.69, 9.17) is 19.9 Å². The van der Waals surface area contributed by atoms with Crippen LogP contribution in [0.5, 0.6) is 0 Å². The number of amidine groups is 1. The number of nitrogens with two attached hydrogens (primary N) is 1. The number of nitrogens with one attached hydrogen (secondary N) is 1. The fourth-order valence-corrected chi connectivity index (χ4v) is 5.13. The van der Waals surface area contributed by atoms with Crippen LogP contribution in [0.1, 0.15) is 82.1 Å². The Balaban J connectivity index is 1.61. The average molecular weight is 744 g/mol. The predicted molar refractivity (Wildman–Crippen MR) is 212 cm³/mol. The van der Waals surface area contributed by atoms with Gasteiger partial charge in [-0.1, -0.05) is 53.0 Å². The van der Waals surface area contributed by atoms with Crippen molar-refractivity contribution in [3.63, 3.8) is 0 Å². The van der Waals surface area contributed by atoms with Gasteiger partial charge in [-0.2, -0.15) is 4.99 Å². The summed E-state index contributed by atoms with van der Waals surface area (Å²) in [6, 6.07) is 17.5. The van der Waals surface area contributed by atoms with E-state index in [1.807, 2.05) is 24.1 Å². The molecule has 1 unspecified atom stereocenters. The van der Waals surface area contributed by atoms with E-state index < -0.39 is 30.2 Å². The normalized spacial score (nSPS) is 11.7. The lowest BCUT2D eigenvalue weighted by Gasteiger charge is -2.25. The fourth-order valence-electron chi connectivity index (χ4n) is 5.13. The van der Waals surface area contributed by atoms with E-state index in [0.717, 1.165) is 37.1 Å². The molecule has 1 heterocycles. The Morgan fingerprint density at radius 1 is 0.926 bits per heavy atom. The van der Waals surface area contributed by atoms with E-state index in [-0.39, 0.29) is 31.1 Å². The SMILES string of the molecule is C=Nc1cc(C(=O)N(CCC(=O)OC(OC(=O)CC)C(C)C)c2ccccn2)ccc1N(C)CCNc1ccc(/C(N)=N/C(=O)OCCCCCC)cc1. The molecule has 290 valence electrons. The van der Waals surface area contributed by atoms with E-state index in [0.29, 0.717) is 42.3 Å². The second kappa shape index (κ2) is 22.3. The lowest BCUT2D eigenvalue weighted by atomic mass is 10.1. The van der Waals surface area contributed by atoms with Gasteiger partial charge in [-0.25, -0.2) is 9.78 Å². The quantitative estimate of drug-likeness (QED) is 0.0381. The molecule has 1 aromatic heterocycles. The van der Waals surface area contributed by atoms with Gasteiger partial charge in [0.05, 0.1) is 24.4 Å². The number of aromatic nitrogens is 1. The van der Waals surface area contributed by atoms with Crippen LogP contribution in [0.2, 0.25) is 0 Å². The third kappa shape index (κ3) is 13.6. The molecule has 0 saturated heterocycles. The molecule has 0 aliphatic rings. The second-order valence-electron chi connectivity index (χ2n) is 12.8. The highest BCUT2D eigenvalue weighted by molar-refractivity contribution is 6.07. The summed E-state index contributed by atoms with van der Waals surface area (Å²) >= 11 is 0. The summed E-state index contributed by atoms with van der Waals surface area (Å²) in [5, 5.41) is 3.36. The summed E-state index contributed by atoms with van der Waals surface area (Å²) in [5.41, 5.74) is 9.06. The van der Waals surface area contributed by atoms with E-state index in [1.165, 1.54) is 4.90 Å². The number of ether oxygens (including phenoxy) is 3. The van der Waals surface area contributed by atoms with Crippen molar-refractivity contribution in [3.8, 4) is 0 Å². The van der Waals surface area contributed by atoms with Gasteiger partial charge in [0.25, 0.3) is 5.91 Å². The number of rotatable bonds is 21. The van der Waals surface area contributed by atoms with Gasteiger partial charge in [-0.15, -0.1) is 0 Å². The molecule has 14 nitrogen and oxygen atoms in total. The number of carbonyl (C=O) groups excluding carboxylic acids is 4. The minimum atomic E-state index is -1.03. The summed E-state index contributed by atoms with van der Waals surface area (Å²) in [6.45, 7) is 12.5. The summed E-state index contributed by atoms with van der Waals surface area (Å²) in [7, 11) is 1.91. The number of hydrogen-bond acceptors (Lipinski definition) is 11. The Morgan fingerprint density at radius 2 is 1.65 bits per heavy atom. The summed E-state index contributed by atoms with van der Waals surface area (Å²) in [6.07, 6.45) is 3.83. The number of unbranched alkanes of at least 4 members (excludes halogenated alkanes) is 3. The smallest absolute Gasteiger partial charge is 0.435 e. The van der Waals surface area contributed by atoms with Gasteiger partial charge in [0.15, 0.2) is 0 Å². The van der Waals surface area contributed by atoms with Gasteiger partial charge in [0.1, 0.15) is 11.7 Å². The molecule has 0 aliphatic carbocycles. The van der Waals surface area contributed by atoms with Crippen molar-refractivity contribution in [1.82, 2.24) is 4.98 Å². The standard InChI is InChI=1S/C40H53N7O7/c1-7-9-10-13-26-52-40(51)45-37(41)29-15-18-31(19-16-29)43-23-25-46(6)33-20-17-30(27-32(33)42-5)38(50)47(34-14-11-12-22-44-34)24-21-36(49)54-39(28(3)4)53-35(48)8-2/h11-12,14-20,22,27-28,39,43H,5,7-10,13,21,23-26H2,1-4,6H3,(H2,41,45,51). The highest BCUT2D eigenvalue weighted by atomic mass is 16.7. The topological polar surface area (TPSA) is 178 Å². The van der Waals surface area contributed by atoms with Gasteiger partial charge < -0.3 is 30.2 Å². The minimum Gasteiger partial charge on any atom is -0.448 e. The second-order valence-corrected chi connectivity index (χ2v) is 12.8. The first-order valence-corrected chi connectivity index (χ1v) is 18.3. The number of benzene rings is 2. The van der Waals surface area contributed by atoms with Crippen molar-refractivity contribution >= 4 is 59.4 Å². The molecule has 3 aromatic rings. The zero-order chi connectivity index (χ0) is 39.5. The fraction of sp³-hybridized carbons (Fsp3) is 0.425. The number of likely N-dealkylation sites (N-methyl/N-ethyl adjacent to an activating group) is 1. The maximum absolute atomic E-state index is 13.9. The van der Waals surface area contributed by atoms with Crippen LogP contribution in [-0.2, 0) is 23.8 Å². The summed E-state index contributed by atoms with van der Waals surface area (Å²) < 4.78 is 15.8. The molecular weight excluding hydrogens is 690 g/mol. The minimum absolute atomic E-state index is 0.0303. The number of anilines is 3. The third-order valence-corrected chi connectivity index (χ3v) is 8.23. The number of nitrogens with zero attached hydrogens (tertiary/aromatic N) is 5. The molecule has 3 N–H and O–H groups in total. The summed E-state index contributed by atoms with van der Waals surface area (Å²) in [4.78, 5) is 66.3. The molecule has 0 spiro atoms. The maximum Gasteiger partial charge on any atom is 0.435 e. The Labute approximate surface area is 317 Å². The van der Waals surface area contributed by atoms with E-state index >= 15 is 0 Å². The van der Waals surface area contributed by atoms with E-state index in [1.54, 1.807) is 75.5 Å². The zero-order valence-electron chi connectivity index (χ0n) is 32.0. The molecule has 0 bridgehead atoms. The number of hydrogen-bond donors (Lipinski definition) is 2. The van der Waals surface area contributed by atoms with Gasteiger partial charge in [0.2, 0.25) is 6.29 Å². The predicted octanol–water partition coefficient (Wildman–Crippen LogP) is 6.90. The third-order valence-electron chi connectivity index (χ3n) is 8.23. The highest BCUT2D eigenvalue weighted by Crippen LogP contribution is 2.30. The lowest BCUT2D eigenvalue weighted by Crippen LogP contribution is -2.35. The molecule has 14 heteroatoms. The first-order valence-electron chi connectivity index (χ1n) is 18.3. The molecule has 0 saturated carbocycles. The average Bonchev–Trinajstić information content (AvgIpc) is 3.17. The Hall–Kier alpha value is -5.79. The van der Waals surface area contributed by atoms with Gasteiger partial charge >= 0.3 is 18.0 Å². The van der Waals surface area contributed by atoms with Crippen molar-refractivity contribution in [1.29, 1.82) is 0 Å². The highest BCUT2D eigenvalue weighted by Gasteiger charge is 2.25. The maximum atomic E-state index is 13.9. The van der Waals surface area contributed by atoms with Gasteiger partial charge in [-0.3, -0.25) is 24.3 Å². The number of esters is 2. The van der Waals surface area contributed by atoms with Crippen molar-refractivity contribution in [3.05, 3.63) is 78.0 Å². The van der Waals surface area contributed by atoms with Crippen LogP contribution >= 0.6 is 0 Å². The van der Waals surface area contributed by atoms with Crippen molar-refractivity contribution in [2.45, 2.75) is 72.5 Å². The molecule has 0 radical (unpaired) electrons. The van der Waals surface area contributed by atoms with Crippen LogP contribution < -0.4 is 20.9 Å². The number of aliphatic imine (C=N–C) groups is 2. The molecule has 2 aromatic carbocycles. The first-order chi connectivity index (χ1) is 26.0.